The summed E-state index contributed by atoms with van der Waals surface area (Å²) in [7, 11) is -3.46. The number of benzene rings is 1. The monoisotopic (exact) mass is 449 g/mol. The predicted molar refractivity (Wildman–Crippen MR) is 118 cm³/mol. The molecule has 0 radical (unpaired) electrons. The molecule has 1 aliphatic heterocycles. The number of thiophene rings is 1. The summed E-state index contributed by atoms with van der Waals surface area (Å²) in [6.07, 6.45) is 1.86. The Morgan fingerprint density at radius 3 is 2.27 bits per heavy atom. The van der Waals surface area contributed by atoms with Crippen molar-refractivity contribution in [1.29, 1.82) is 0 Å². The lowest BCUT2D eigenvalue weighted by atomic mass is 10.1. The SMILES string of the molecule is CC(C)(C)NC(=O)c1ccc(NC(=O)Cc2ccc(S(=O)(=O)N3CCCC3)s2)cc1. The van der Waals surface area contributed by atoms with E-state index < -0.39 is 10.0 Å². The fourth-order valence-electron chi connectivity index (χ4n) is 3.13. The lowest BCUT2D eigenvalue weighted by Gasteiger charge is -2.20. The average Bonchev–Trinajstić information content (AvgIpc) is 3.33. The second-order valence-corrected chi connectivity index (χ2v) is 11.7. The Kier molecular flexibility index (Phi) is 6.64. The molecule has 0 spiro atoms. The van der Waals surface area contributed by atoms with Gasteiger partial charge in [-0.3, -0.25) is 9.59 Å². The third-order valence-corrected chi connectivity index (χ3v) is 8.00. The van der Waals surface area contributed by atoms with E-state index in [0.29, 0.717) is 29.2 Å². The van der Waals surface area contributed by atoms with Gasteiger partial charge >= 0.3 is 0 Å². The van der Waals surface area contributed by atoms with E-state index in [1.165, 1.54) is 4.31 Å². The van der Waals surface area contributed by atoms with Gasteiger partial charge in [-0.1, -0.05) is 0 Å². The van der Waals surface area contributed by atoms with E-state index in [-0.39, 0.29) is 28.0 Å². The Balaban J connectivity index is 1.58. The number of anilines is 1. The topological polar surface area (TPSA) is 95.6 Å². The summed E-state index contributed by atoms with van der Waals surface area (Å²) < 4.78 is 27.0. The Morgan fingerprint density at radius 2 is 1.67 bits per heavy atom. The van der Waals surface area contributed by atoms with Crippen molar-refractivity contribution in [3.63, 3.8) is 0 Å². The predicted octanol–water partition coefficient (Wildman–Crippen LogP) is 3.24. The van der Waals surface area contributed by atoms with Gasteiger partial charge in [0.2, 0.25) is 5.91 Å². The van der Waals surface area contributed by atoms with Gasteiger partial charge in [-0.2, -0.15) is 4.31 Å². The van der Waals surface area contributed by atoms with E-state index in [0.717, 1.165) is 24.2 Å². The first-order chi connectivity index (χ1) is 14.0. The van der Waals surface area contributed by atoms with Crippen molar-refractivity contribution in [1.82, 2.24) is 9.62 Å². The molecule has 9 heteroatoms. The number of hydrogen-bond acceptors (Lipinski definition) is 5. The molecule has 0 bridgehead atoms. The highest BCUT2D eigenvalue weighted by Crippen LogP contribution is 2.27. The van der Waals surface area contributed by atoms with E-state index in [1.54, 1.807) is 36.4 Å². The van der Waals surface area contributed by atoms with Crippen molar-refractivity contribution in [2.24, 2.45) is 0 Å². The van der Waals surface area contributed by atoms with E-state index in [9.17, 15) is 18.0 Å². The second-order valence-electron chi connectivity index (χ2n) is 8.34. The van der Waals surface area contributed by atoms with E-state index >= 15 is 0 Å². The van der Waals surface area contributed by atoms with Crippen molar-refractivity contribution in [2.45, 2.75) is 49.8 Å². The number of nitrogens with zero attached hydrogens (tertiary/aromatic N) is 1. The number of amides is 2. The molecule has 0 atom stereocenters. The van der Waals surface area contributed by atoms with Gasteiger partial charge in [0.25, 0.3) is 15.9 Å². The Hall–Kier alpha value is -2.23. The van der Waals surface area contributed by atoms with Crippen LogP contribution in [0.1, 0.15) is 48.8 Å². The van der Waals surface area contributed by atoms with Gasteiger partial charge in [0.15, 0.2) is 0 Å². The number of rotatable bonds is 6. The van der Waals surface area contributed by atoms with Crippen LogP contribution in [0.5, 0.6) is 0 Å². The van der Waals surface area contributed by atoms with Crippen molar-refractivity contribution in [3.05, 3.63) is 46.8 Å². The molecule has 1 fully saturated rings. The number of carbonyl (C=O) groups is 2. The van der Waals surface area contributed by atoms with Gasteiger partial charge in [-0.05, 0) is 70.0 Å². The molecule has 0 unspecified atom stereocenters. The van der Waals surface area contributed by atoms with E-state index in [1.807, 2.05) is 20.8 Å². The van der Waals surface area contributed by atoms with Gasteiger partial charge in [0.1, 0.15) is 4.21 Å². The molecular weight excluding hydrogens is 422 g/mol. The fraction of sp³-hybridized carbons (Fsp3) is 0.429. The molecule has 1 aromatic heterocycles. The summed E-state index contributed by atoms with van der Waals surface area (Å²) in [5.41, 5.74) is 0.762. The van der Waals surface area contributed by atoms with E-state index in [2.05, 4.69) is 10.6 Å². The molecule has 1 aromatic carbocycles. The highest BCUT2D eigenvalue weighted by atomic mass is 32.2. The standard InChI is InChI=1S/C21H27N3O4S2/c1-21(2,3)23-20(26)15-6-8-16(9-7-15)22-18(25)14-17-10-11-19(29-17)30(27,28)24-12-4-5-13-24/h6-11H,4-5,12-14H2,1-3H3,(H,22,25)(H,23,26). The van der Waals surface area contributed by atoms with Crippen LogP contribution in [0.2, 0.25) is 0 Å². The van der Waals surface area contributed by atoms with Gasteiger partial charge in [0, 0.05) is 34.8 Å². The largest absolute Gasteiger partial charge is 0.347 e. The summed E-state index contributed by atoms with van der Waals surface area (Å²) in [6.45, 7) is 6.84. The molecule has 162 valence electrons. The minimum Gasteiger partial charge on any atom is -0.347 e. The first-order valence-electron chi connectivity index (χ1n) is 9.86. The number of nitrogens with one attached hydrogen (secondary N) is 2. The van der Waals surface area contributed by atoms with Crippen LogP contribution >= 0.6 is 11.3 Å². The Labute approximate surface area is 181 Å². The molecule has 1 saturated heterocycles. The summed E-state index contributed by atoms with van der Waals surface area (Å²) in [6, 6.07) is 9.92. The number of carbonyl (C=O) groups excluding carboxylic acids is 2. The highest BCUT2D eigenvalue weighted by molar-refractivity contribution is 7.91. The van der Waals surface area contributed by atoms with Crippen LogP contribution in [-0.2, 0) is 21.2 Å². The average molecular weight is 450 g/mol. The molecule has 0 aliphatic carbocycles. The Morgan fingerprint density at radius 1 is 1.03 bits per heavy atom. The zero-order valence-electron chi connectivity index (χ0n) is 17.4. The summed E-state index contributed by atoms with van der Waals surface area (Å²) in [5.74, 6) is -0.417. The number of sulfonamides is 1. The molecule has 0 saturated carbocycles. The molecule has 2 amide bonds. The lowest BCUT2D eigenvalue weighted by Crippen LogP contribution is -2.40. The minimum absolute atomic E-state index is 0.0897. The molecule has 30 heavy (non-hydrogen) atoms. The fourth-order valence-corrected chi connectivity index (χ4v) is 6.15. The second kappa shape index (κ2) is 8.87. The molecule has 3 rings (SSSR count). The zero-order chi connectivity index (χ0) is 21.9. The molecule has 2 N–H and O–H groups in total. The van der Waals surface area contributed by atoms with Crippen LogP contribution in [0.4, 0.5) is 5.69 Å². The summed E-state index contributed by atoms with van der Waals surface area (Å²) in [4.78, 5) is 25.2. The normalized spacial score (nSPS) is 15.2. The third-order valence-electron chi connectivity index (χ3n) is 4.55. The quantitative estimate of drug-likeness (QED) is 0.708. The van der Waals surface area contributed by atoms with Crippen LogP contribution < -0.4 is 10.6 Å². The van der Waals surface area contributed by atoms with Crippen LogP contribution in [0.15, 0.2) is 40.6 Å². The summed E-state index contributed by atoms with van der Waals surface area (Å²) >= 11 is 1.13. The Bertz CT molecular complexity index is 1020. The first kappa shape index (κ1) is 22.5. The first-order valence-corrected chi connectivity index (χ1v) is 12.1. The van der Waals surface area contributed by atoms with Crippen LogP contribution in [0.3, 0.4) is 0 Å². The maximum atomic E-state index is 12.6. The van der Waals surface area contributed by atoms with Crippen LogP contribution in [0.25, 0.3) is 0 Å². The van der Waals surface area contributed by atoms with Gasteiger partial charge in [-0.15, -0.1) is 11.3 Å². The molecule has 2 heterocycles. The number of hydrogen-bond donors (Lipinski definition) is 2. The van der Waals surface area contributed by atoms with Crippen LogP contribution in [0, 0.1) is 0 Å². The lowest BCUT2D eigenvalue weighted by molar-refractivity contribution is -0.115. The van der Waals surface area contributed by atoms with Gasteiger partial charge in [0.05, 0.1) is 6.42 Å². The highest BCUT2D eigenvalue weighted by Gasteiger charge is 2.28. The van der Waals surface area contributed by atoms with E-state index in [4.69, 9.17) is 0 Å². The molecular formula is C21H27N3O4S2. The maximum absolute atomic E-state index is 12.6. The summed E-state index contributed by atoms with van der Waals surface area (Å²) in [5, 5.41) is 5.67. The van der Waals surface area contributed by atoms with Crippen molar-refractivity contribution in [3.8, 4) is 0 Å². The van der Waals surface area contributed by atoms with Crippen LogP contribution in [-0.4, -0.2) is 43.2 Å². The van der Waals surface area contributed by atoms with Gasteiger partial charge in [-0.25, -0.2) is 8.42 Å². The molecule has 2 aromatic rings. The van der Waals surface area contributed by atoms with Gasteiger partial charge < -0.3 is 10.6 Å². The van der Waals surface area contributed by atoms with Crippen molar-refractivity contribution >= 4 is 38.9 Å². The minimum atomic E-state index is -3.46. The van der Waals surface area contributed by atoms with Crippen molar-refractivity contribution in [2.75, 3.05) is 18.4 Å². The smallest absolute Gasteiger partial charge is 0.252 e. The zero-order valence-corrected chi connectivity index (χ0v) is 19.0. The molecule has 1 aliphatic rings. The van der Waals surface area contributed by atoms with Crippen molar-refractivity contribution < 1.29 is 18.0 Å². The maximum Gasteiger partial charge on any atom is 0.252 e. The molecule has 7 nitrogen and oxygen atoms in total. The third kappa shape index (κ3) is 5.68.